The SMILES string of the molecule is CC(C)(O)c1ccc2c(c1)CCN(Cc1ccccc1)C2. The molecule has 0 bridgehead atoms. The van der Waals surface area contributed by atoms with Crippen LogP contribution < -0.4 is 0 Å². The van der Waals surface area contributed by atoms with Crippen molar-refractivity contribution < 1.29 is 5.11 Å². The zero-order valence-electron chi connectivity index (χ0n) is 12.8. The van der Waals surface area contributed by atoms with Crippen LogP contribution in [0.4, 0.5) is 0 Å². The molecule has 1 heterocycles. The quantitative estimate of drug-likeness (QED) is 0.931. The van der Waals surface area contributed by atoms with Gasteiger partial charge in [-0.3, -0.25) is 4.90 Å². The summed E-state index contributed by atoms with van der Waals surface area (Å²) in [4.78, 5) is 2.49. The zero-order valence-corrected chi connectivity index (χ0v) is 12.8. The van der Waals surface area contributed by atoms with Crippen LogP contribution in [0.2, 0.25) is 0 Å². The average Bonchev–Trinajstić information content (AvgIpc) is 2.47. The van der Waals surface area contributed by atoms with Gasteiger partial charge < -0.3 is 5.11 Å². The molecule has 0 saturated heterocycles. The highest BCUT2D eigenvalue weighted by atomic mass is 16.3. The van der Waals surface area contributed by atoms with Crippen molar-refractivity contribution in [2.45, 2.75) is 39.0 Å². The minimum Gasteiger partial charge on any atom is -0.386 e. The van der Waals surface area contributed by atoms with E-state index in [9.17, 15) is 5.11 Å². The van der Waals surface area contributed by atoms with E-state index in [2.05, 4.69) is 53.4 Å². The highest BCUT2D eigenvalue weighted by Crippen LogP contribution is 2.26. The van der Waals surface area contributed by atoms with E-state index in [0.29, 0.717) is 0 Å². The van der Waals surface area contributed by atoms with E-state index >= 15 is 0 Å². The van der Waals surface area contributed by atoms with Gasteiger partial charge in [-0.05, 0) is 42.5 Å². The molecule has 1 aliphatic heterocycles. The topological polar surface area (TPSA) is 23.5 Å². The molecule has 21 heavy (non-hydrogen) atoms. The standard InChI is InChI=1S/C19H23NO/c1-19(2,21)18-9-8-17-14-20(11-10-16(17)12-18)13-15-6-4-3-5-7-15/h3-9,12,21H,10-11,13-14H2,1-2H3. The van der Waals surface area contributed by atoms with Crippen LogP contribution in [0, 0.1) is 0 Å². The molecule has 0 unspecified atom stereocenters. The lowest BCUT2D eigenvalue weighted by atomic mass is 9.91. The van der Waals surface area contributed by atoms with Gasteiger partial charge in [0.2, 0.25) is 0 Å². The molecule has 0 saturated carbocycles. The van der Waals surface area contributed by atoms with Gasteiger partial charge >= 0.3 is 0 Å². The fourth-order valence-electron chi connectivity index (χ4n) is 2.97. The maximum absolute atomic E-state index is 10.1. The largest absolute Gasteiger partial charge is 0.386 e. The van der Waals surface area contributed by atoms with Gasteiger partial charge in [0, 0.05) is 19.6 Å². The summed E-state index contributed by atoms with van der Waals surface area (Å²) in [5.41, 5.74) is 4.41. The van der Waals surface area contributed by atoms with E-state index in [1.54, 1.807) is 0 Å². The third-order valence-electron chi connectivity index (χ3n) is 4.25. The van der Waals surface area contributed by atoms with Crippen LogP contribution in [0.1, 0.15) is 36.1 Å². The second kappa shape index (κ2) is 5.63. The first-order chi connectivity index (χ1) is 10.0. The Labute approximate surface area is 127 Å². The van der Waals surface area contributed by atoms with Crippen LogP contribution >= 0.6 is 0 Å². The smallest absolute Gasteiger partial charge is 0.0840 e. The fraction of sp³-hybridized carbons (Fsp3) is 0.368. The van der Waals surface area contributed by atoms with E-state index in [0.717, 1.165) is 31.6 Å². The molecule has 110 valence electrons. The lowest BCUT2D eigenvalue weighted by Crippen LogP contribution is -2.30. The Kier molecular flexibility index (Phi) is 3.83. The first-order valence-electron chi connectivity index (χ1n) is 7.63. The number of rotatable bonds is 3. The maximum Gasteiger partial charge on any atom is 0.0840 e. The van der Waals surface area contributed by atoms with Crippen LogP contribution in [0.15, 0.2) is 48.5 Å². The van der Waals surface area contributed by atoms with Gasteiger partial charge in [-0.25, -0.2) is 0 Å². The van der Waals surface area contributed by atoms with Crippen molar-refractivity contribution in [3.63, 3.8) is 0 Å². The van der Waals surface area contributed by atoms with E-state index in [4.69, 9.17) is 0 Å². The van der Waals surface area contributed by atoms with Gasteiger partial charge in [-0.2, -0.15) is 0 Å². The highest BCUT2D eigenvalue weighted by Gasteiger charge is 2.21. The zero-order chi connectivity index (χ0) is 14.9. The molecule has 3 rings (SSSR count). The van der Waals surface area contributed by atoms with Crippen molar-refractivity contribution in [2.24, 2.45) is 0 Å². The molecule has 0 amide bonds. The lowest BCUT2D eigenvalue weighted by molar-refractivity contribution is 0.0784. The highest BCUT2D eigenvalue weighted by molar-refractivity contribution is 5.36. The van der Waals surface area contributed by atoms with Gasteiger partial charge in [0.15, 0.2) is 0 Å². The molecule has 0 aromatic heterocycles. The summed E-state index contributed by atoms with van der Waals surface area (Å²) in [7, 11) is 0. The monoisotopic (exact) mass is 281 g/mol. The van der Waals surface area contributed by atoms with E-state index in [1.165, 1.54) is 16.7 Å². The molecule has 0 fully saturated rings. The van der Waals surface area contributed by atoms with Crippen molar-refractivity contribution in [3.8, 4) is 0 Å². The predicted octanol–water partition coefficient (Wildman–Crippen LogP) is 3.47. The Hall–Kier alpha value is -1.64. The van der Waals surface area contributed by atoms with E-state index in [1.807, 2.05) is 13.8 Å². The van der Waals surface area contributed by atoms with Gasteiger partial charge in [-0.15, -0.1) is 0 Å². The molecule has 0 aliphatic carbocycles. The second-order valence-corrected chi connectivity index (χ2v) is 6.49. The molecule has 2 heteroatoms. The Balaban J connectivity index is 1.74. The Morgan fingerprint density at radius 1 is 1.05 bits per heavy atom. The van der Waals surface area contributed by atoms with Crippen LogP contribution in [0.3, 0.4) is 0 Å². The van der Waals surface area contributed by atoms with Crippen molar-refractivity contribution in [1.82, 2.24) is 4.90 Å². The number of aliphatic hydroxyl groups is 1. The van der Waals surface area contributed by atoms with Crippen molar-refractivity contribution in [2.75, 3.05) is 6.54 Å². The Bertz CT molecular complexity index is 613. The molecule has 1 N–H and O–H groups in total. The predicted molar refractivity (Wildman–Crippen MR) is 85.9 cm³/mol. The molecular formula is C19H23NO. The van der Waals surface area contributed by atoms with Gasteiger partial charge in [0.1, 0.15) is 0 Å². The normalized spacial score (nSPS) is 15.8. The second-order valence-electron chi connectivity index (χ2n) is 6.49. The first kappa shape index (κ1) is 14.3. The number of hydrogen-bond donors (Lipinski definition) is 1. The van der Waals surface area contributed by atoms with E-state index < -0.39 is 5.60 Å². The molecule has 2 aromatic carbocycles. The van der Waals surface area contributed by atoms with Crippen LogP contribution in [0.5, 0.6) is 0 Å². The van der Waals surface area contributed by atoms with Gasteiger partial charge in [-0.1, -0.05) is 48.5 Å². The third kappa shape index (κ3) is 3.34. The van der Waals surface area contributed by atoms with Crippen LogP contribution in [-0.2, 0) is 25.1 Å². The van der Waals surface area contributed by atoms with E-state index in [-0.39, 0.29) is 0 Å². The Morgan fingerprint density at radius 2 is 1.81 bits per heavy atom. The maximum atomic E-state index is 10.1. The lowest BCUT2D eigenvalue weighted by Gasteiger charge is -2.30. The first-order valence-corrected chi connectivity index (χ1v) is 7.63. The van der Waals surface area contributed by atoms with Gasteiger partial charge in [0.05, 0.1) is 5.60 Å². The number of fused-ring (bicyclic) bond motifs is 1. The Morgan fingerprint density at radius 3 is 2.52 bits per heavy atom. The summed E-state index contributed by atoms with van der Waals surface area (Å²) < 4.78 is 0. The average molecular weight is 281 g/mol. The summed E-state index contributed by atoms with van der Waals surface area (Å²) in [6.07, 6.45) is 1.06. The van der Waals surface area contributed by atoms with Crippen LogP contribution in [-0.4, -0.2) is 16.6 Å². The summed E-state index contributed by atoms with van der Waals surface area (Å²) in [6.45, 7) is 6.78. The van der Waals surface area contributed by atoms with Gasteiger partial charge in [0.25, 0.3) is 0 Å². The van der Waals surface area contributed by atoms with Crippen molar-refractivity contribution in [1.29, 1.82) is 0 Å². The van der Waals surface area contributed by atoms with Crippen molar-refractivity contribution in [3.05, 3.63) is 70.8 Å². The summed E-state index contributed by atoms with van der Waals surface area (Å²) in [6, 6.07) is 17.1. The molecule has 0 radical (unpaired) electrons. The number of nitrogens with zero attached hydrogens (tertiary/aromatic N) is 1. The number of hydrogen-bond acceptors (Lipinski definition) is 2. The summed E-state index contributed by atoms with van der Waals surface area (Å²) >= 11 is 0. The minimum absolute atomic E-state index is 0.754. The number of benzene rings is 2. The summed E-state index contributed by atoms with van der Waals surface area (Å²) in [5.74, 6) is 0. The summed E-state index contributed by atoms with van der Waals surface area (Å²) in [5, 5.41) is 10.1. The molecule has 0 atom stereocenters. The molecular weight excluding hydrogens is 258 g/mol. The fourth-order valence-corrected chi connectivity index (χ4v) is 2.97. The van der Waals surface area contributed by atoms with Crippen LogP contribution in [0.25, 0.3) is 0 Å². The molecule has 1 aliphatic rings. The minimum atomic E-state index is -0.754. The molecule has 2 aromatic rings. The molecule has 0 spiro atoms. The van der Waals surface area contributed by atoms with Crippen molar-refractivity contribution >= 4 is 0 Å². The third-order valence-corrected chi connectivity index (χ3v) is 4.25. The molecule has 2 nitrogen and oxygen atoms in total.